The molecule has 0 fully saturated rings. The fourth-order valence-electron chi connectivity index (χ4n) is 4.19. The number of allylic oxidation sites excluding steroid dienone is 1. The molecule has 2 aliphatic rings. The fraction of sp³-hybridized carbons (Fsp3) is 0.280. The molecule has 2 heterocycles. The van der Waals surface area contributed by atoms with Crippen molar-refractivity contribution in [3.63, 3.8) is 0 Å². The van der Waals surface area contributed by atoms with Crippen LogP contribution in [-0.2, 0) is 9.53 Å². The van der Waals surface area contributed by atoms with Crippen LogP contribution in [0.3, 0.4) is 0 Å². The van der Waals surface area contributed by atoms with Crippen LogP contribution in [0.15, 0.2) is 58.1 Å². The minimum Gasteiger partial charge on any atom is -0.493 e. The first-order valence-corrected chi connectivity index (χ1v) is 11.9. The van der Waals surface area contributed by atoms with Gasteiger partial charge in [0.15, 0.2) is 16.7 Å². The maximum Gasteiger partial charge on any atom is 0.338 e. The molecule has 2 aromatic rings. The Morgan fingerprint density at radius 2 is 1.75 bits per heavy atom. The van der Waals surface area contributed by atoms with Gasteiger partial charge in [0.25, 0.3) is 5.69 Å². The molecule has 36 heavy (non-hydrogen) atoms. The first-order valence-electron chi connectivity index (χ1n) is 11.0. The van der Waals surface area contributed by atoms with Crippen LogP contribution in [0.5, 0.6) is 17.2 Å². The molecule has 0 radical (unpaired) electrons. The number of non-ortho nitro benzene ring substituents is 1. The number of nitro benzene ring substituents is 1. The number of ether oxygens (including phenoxy) is 4. The van der Waals surface area contributed by atoms with Crippen molar-refractivity contribution in [1.29, 1.82) is 0 Å². The average molecular weight is 512 g/mol. The summed E-state index contributed by atoms with van der Waals surface area (Å²) < 4.78 is 22.0. The fourth-order valence-corrected chi connectivity index (χ4v) is 5.16. The molecule has 0 saturated carbocycles. The molecule has 2 aromatic carbocycles. The molecule has 10 nitrogen and oxygen atoms in total. The maximum absolute atomic E-state index is 13.2. The van der Waals surface area contributed by atoms with E-state index >= 15 is 0 Å². The van der Waals surface area contributed by atoms with Gasteiger partial charge in [-0.3, -0.25) is 10.1 Å². The minimum absolute atomic E-state index is 0.0123. The highest BCUT2D eigenvalue weighted by molar-refractivity contribution is 8.16. The molecule has 4 rings (SSSR count). The highest BCUT2D eigenvalue weighted by Gasteiger charge is 2.42. The Hall–Kier alpha value is -3.99. The summed E-state index contributed by atoms with van der Waals surface area (Å²) in [6.07, 6.45) is 0. The van der Waals surface area contributed by atoms with Crippen LogP contribution in [0.2, 0.25) is 0 Å². The number of fused-ring (bicyclic) bond motifs is 1. The van der Waals surface area contributed by atoms with Gasteiger partial charge in [-0.15, -0.1) is 0 Å². The van der Waals surface area contributed by atoms with Gasteiger partial charge in [-0.2, -0.15) is 0 Å². The first-order chi connectivity index (χ1) is 17.3. The molecule has 2 aliphatic heterocycles. The highest BCUT2D eigenvalue weighted by atomic mass is 32.2. The van der Waals surface area contributed by atoms with Gasteiger partial charge < -0.3 is 23.8 Å². The number of rotatable bonds is 8. The predicted octanol–water partition coefficient (Wildman–Crippen LogP) is 4.92. The zero-order chi connectivity index (χ0) is 26.0. The Bertz CT molecular complexity index is 1280. The predicted molar refractivity (Wildman–Crippen MR) is 136 cm³/mol. The summed E-state index contributed by atoms with van der Waals surface area (Å²) in [6, 6.07) is 9.19. The molecule has 0 aliphatic carbocycles. The second kappa shape index (κ2) is 10.3. The number of thioether (sulfide) groups is 1. The monoisotopic (exact) mass is 511 g/mol. The average Bonchev–Trinajstić information content (AvgIpc) is 3.30. The molecule has 188 valence electrons. The Balaban J connectivity index is 1.91. The zero-order valence-electron chi connectivity index (χ0n) is 20.4. The first kappa shape index (κ1) is 25.1. The van der Waals surface area contributed by atoms with Gasteiger partial charge in [0.05, 0.1) is 55.9 Å². The molecule has 0 N–H and O–H groups in total. The van der Waals surface area contributed by atoms with E-state index in [0.717, 1.165) is 11.3 Å². The van der Waals surface area contributed by atoms with Gasteiger partial charge in [-0.25, -0.2) is 9.79 Å². The van der Waals surface area contributed by atoms with Gasteiger partial charge in [-0.05, 0) is 49.2 Å². The number of nitrogens with zero attached hydrogens (tertiary/aromatic N) is 3. The van der Waals surface area contributed by atoms with Crippen LogP contribution >= 0.6 is 11.8 Å². The summed E-state index contributed by atoms with van der Waals surface area (Å²) in [7, 11) is 4.57. The van der Waals surface area contributed by atoms with Crippen molar-refractivity contribution >= 4 is 34.3 Å². The van der Waals surface area contributed by atoms with Gasteiger partial charge in [0.1, 0.15) is 0 Å². The van der Waals surface area contributed by atoms with Crippen LogP contribution in [0.4, 0.5) is 5.69 Å². The smallest absolute Gasteiger partial charge is 0.338 e. The van der Waals surface area contributed by atoms with E-state index in [-0.39, 0.29) is 12.3 Å². The van der Waals surface area contributed by atoms with Crippen molar-refractivity contribution in [3.05, 3.63) is 74.3 Å². The number of hydrogen-bond donors (Lipinski definition) is 0. The molecule has 1 atom stereocenters. The summed E-state index contributed by atoms with van der Waals surface area (Å²) >= 11 is 1.40. The Morgan fingerprint density at radius 1 is 1.11 bits per heavy atom. The number of methoxy groups -OCH3 is 3. The van der Waals surface area contributed by atoms with Crippen LogP contribution in [0.1, 0.15) is 31.0 Å². The molecular formula is C25H25N3O7S. The molecule has 0 aromatic heterocycles. The number of hydrogen-bond acceptors (Lipinski definition) is 10. The van der Waals surface area contributed by atoms with E-state index in [4.69, 9.17) is 18.9 Å². The van der Waals surface area contributed by atoms with Crippen LogP contribution in [0, 0.1) is 10.1 Å². The quantitative estimate of drug-likeness (QED) is 0.277. The highest BCUT2D eigenvalue weighted by Crippen LogP contribution is 2.49. The molecule has 0 spiro atoms. The number of nitro groups is 1. The number of carbonyl (C=O) groups excluding carboxylic acids is 1. The summed E-state index contributed by atoms with van der Waals surface area (Å²) in [4.78, 5) is 30.5. The summed E-state index contributed by atoms with van der Waals surface area (Å²) in [6.45, 7) is 3.72. The van der Waals surface area contributed by atoms with Crippen molar-refractivity contribution in [1.82, 2.24) is 4.90 Å². The van der Waals surface area contributed by atoms with Crippen molar-refractivity contribution in [2.75, 3.05) is 27.9 Å². The number of esters is 1. The van der Waals surface area contributed by atoms with E-state index in [0.29, 0.717) is 39.2 Å². The second-order valence-electron chi connectivity index (χ2n) is 7.77. The number of aliphatic imine (C=N–C) groups is 1. The van der Waals surface area contributed by atoms with E-state index < -0.39 is 16.9 Å². The Kier molecular flexibility index (Phi) is 7.20. The standard InChI is InChI=1S/C25H25N3O7S/c1-6-35-24(29)21-14(2)26-25-27(18(13-36-25)15-7-9-17(10-8-15)28(30)31)22(21)16-11-19(32-3)23(34-5)20(12-16)33-4/h7-13,22H,6H2,1-5H3/t22-/m1/s1. The number of benzene rings is 2. The summed E-state index contributed by atoms with van der Waals surface area (Å²) in [5.41, 5.74) is 3.05. The second-order valence-corrected chi connectivity index (χ2v) is 8.61. The van der Waals surface area contributed by atoms with E-state index in [9.17, 15) is 14.9 Å². The van der Waals surface area contributed by atoms with Gasteiger partial charge in [0.2, 0.25) is 5.75 Å². The largest absolute Gasteiger partial charge is 0.493 e. The van der Waals surface area contributed by atoms with Crippen molar-refractivity contribution < 1.29 is 28.7 Å². The molecule has 11 heteroatoms. The third-order valence-corrected chi connectivity index (χ3v) is 6.64. The molecule has 0 unspecified atom stereocenters. The SMILES string of the molecule is CCOC(=O)C1=C(C)N=C2SC=C(c3ccc([N+](=O)[O-])cc3)N2[C@@H]1c1cc(OC)c(OC)c(OC)c1. The maximum atomic E-state index is 13.2. The minimum atomic E-state index is -0.637. The van der Waals surface area contributed by atoms with Gasteiger partial charge >= 0.3 is 5.97 Å². The van der Waals surface area contributed by atoms with Crippen molar-refractivity contribution in [3.8, 4) is 17.2 Å². The normalized spacial score (nSPS) is 16.7. The lowest BCUT2D eigenvalue weighted by molar-refractivity contribution is -0.384. The van der Waals surface area contributed by atoms with Crippen LogP contribution in [-0.4, -0.2) is 48.9 Å². The lowest BCUT2D eigenvalue weighted by Crippen LogP contribution is -2.36. The lowest BCUT2D eigenvalue weighted by atomic mass is 9.92. The third-order valence-electron chi connectivity index (χ3n) is 5.80. The topological polar surface area (TPSA) is 113 Å². The number of amidine groups is 1. The Morgan fingerprint density at radius 3 is 2.28 bits per heavy atom. The van der Waals surface area contributed by atoms with Gasteiger partial charge in [-0.1, -0.05) is 11.8 Å². The summed E-state index contributed by atoms with van der Waals surface area (Å²) in [5.74, 6) is 0.805. The molecular weight excluding hydrogens is 486 g/mol. The van der Waals surface area contributed by atoms with E-state index in [2.05, 4.69) is 4.99 Å². The summed E-state index contributed by atoms with van der Waals surface area (Å²) in [5, 5.41) is 13.7. The van der Waals surface area contributed by atoms with Crippen LogP contribution < -0.4 is 14.2 Å². The lowest BCUT2D eigenvalue weighted by Gasteiger charge is -2.36. The van der Waals surface area contributed by atoms with Crippen molar-refractivity contribution in [2.45, 2.75) is 19.9 Å². The third kappa shape index (κ3) is 4.37. The van der Waals surface area contributed by atoms with E-state index in [1.165, 1.54) is 45.2 Å². The van der Waals surface area contributed by atoms with Crippen LogP contribution in [0.25, 0.3) is 5.70 Å². The van der Waals surface area contributed by atoms with E-state index in [1.54, 1.807) is 38.1 Å². The zero-order valence-corrected chi connectivity index (χ0v) is 21.3. The van der Waals surface area contributed by atoms with E-state index in [1.807, 2.05) is 10.3 Å². The molecule has 0 bridgehead atoms. The molecule has 0 amide bonds. The number of carbonyl (C=O) groups is 1. The Labute approximate surface area is 212 Å². The van der Waals surface area contributed by atoms with Crippen molar-refractivity contribution in [2.24, 2.45) is 4.99 Å². The van der Waals surface area contributed by atoms with Gasteiger partial charge in [0, 0.05) is 17.5 Å². The molecule has 0 saturated heterocycles.